The van der Waals surface area contributed by atoms with Crippen molar-refractivity contribution in [1.29, 1.82) is 0 Å². The lowest BCUT2D eigenvalue weighted by Crippen LogP contribution is -2.43. The molecule has 0 aromatic rings. The predicted octanol–water partition coefficient (Wildman–Crippen LogP) is -1.39. The summed E-state index contributed by atoms with van der Waals surface area (Å²) in [4.78, 5) is 32.0. The first-order chi connectivity index (χ1) is 7.86. The maximum absolute atomic E-state index is 11.4. The van der Waals surface area contributed by atoms with Crippen molar-refractivity contribution in [2.24, 2.45) is 16.6 Å². The molecule has 2 amide bonds. The van der Waals surface area contributed by atoms with E-state index in [0.29, 0.717) is 0 Å². The van der Waals surface area contributed by atoms with E-state index in [-0.39, 0.29) is 18.0 Å². The Morgan fingerprint density at radius 3 is 2.59 bits per heavy atom. The fourth-order valence-corrected chi connectivity index (χ4v) is 1.17. The first kappa shape index (κ1) is 15.3. The third-order valence-electron chi connectivity index (χ3n) is 1.63. The molecule has 96 valence electrons. The first-order valence-electron chi connectivity index (χ1n) is 4.48. The van der Waals surface area contributed by atoms with E-state index >= 15 is 0 Å². The number of carbonyl (C=O) groups is 2. The largest absolute Gasteiger partial charge is 0.370 e. The van der Waals surface area contributed by atoms with Crippen molar-refractivity contribution >= 4 is 28.7 Å². The number of hydrazone groups is 1. The third kappa shape index (κ3) is 7.25. The zero-order valence-corrected chi connectivity index (χ0v) is 9.90. The van der Waals surface area contributed by atoms with Gasteiger partial charge in [-0.05, 0) is 12.7 Å². The van der Waals surface area contributed by atoms with Gasteiger partial charge >= 0.3 is 0 Å². The van der Waals surface area contributed by atoms with Crippen LogP contribution < -0.4 is 16.8 Å². The summed E-state index contributed by atoms with van der Waals surface area (Å²) >= 11 is 0.898. The summed E-state index contributed by atoms with van der Waals surface area (Å²) < 4.78 is 0. The Bertz CT molecular complexity index is 345. The highest BCUT2D eigenvalue weighted by Crippen LogP contribution is 1.98. The summed E-state index contributed by atoms with van der Waals surface area (Å²) in [6.07, 6.45) is 1.55. The number of rotatable bonds is 5. The fourth-order valence-electron chi connectivity index (χ4n) is 0.818. The average molecular weight is 263 g/mol. The standard InChI is InChI=1S/C7H13N5O4S/c1-17-7(11-12(15)16)10-6(14)4(8)2-3-5(9)13/h4H,2-3,8H2,1H3,(H2,9,13)(H,10,11,14)/t4-/m0/s1. The number of nitrogens with two attached hydrogens (primary N) is 2. The molecule has 0 saturated heterocycles. The van der Waals surface area contributed by atoms with Gasteiger partial charge in [0.05, 0.1) is 11.1 Å². The minimum absolute atomic E-state index is 0.0322. The lowest BCUT2D eigenvalue weighted by atomic mass is 10.1. The highest BCUT2D eigenvalue weighted by atomic mass is 32.2. The molecule has 5 N–H and O–H groups in total. The van der Waals surface area contributed by atoms with Gasteiger partial charge in [0.2, 0.25) is 17.0 Å². The SMILES string of the molecule is CSC(=N[N+](=O)[O-])NC(=O)[C@@H](N)CCC(N)=O. The van der Waals surface area contributed by atoms with E-state index in [9.17, 15) is 19.7 Å². The van der Waals surface area contributed by atoms with E-state index in [4.69, 9.17) is 11.5 Å². The van der Waals surface area contributed by atoms with Crippen LogP contribution in [0.3, 0.4) is 0 Å². The number of hydrogen-bond donors (Lipinski definition) is 3. The molecule has 0 aliphatic heterocycles. The van der Waals surface area contributed by atoms with Gasteiger partial charge in [0.1, 0.15) is 0 Å². The Hall–Kier alpha value is -1.68. The zero-order chi connectivity index (χ0) is 13.4. The van der Waals surface area contributed by atoms with Gasteiger partial charge in [-0.1, -0.05) is 11.8 Å². The minimum atomic E-state index is -0.966. The molecule has 0 heterocycles. The van der Waals surface area contributed by atoms with Gasteiger partial charge in [0.25, 0.3) is 0 Å². The second kappa shape index (κ2) is 7.57. The van der Waals surface area contributed by atoms with E-state index in [1.54, 1.807) is 0 Å². The number of nitro groups is 1. The Morgan fingerprint density at radius 1 is 1.59 bits per heavy atom. The van der Waals surface area contributed by atoms with Crippen molar-refractivity contribution in [2.75, 3.05) is 6.26 Å². The molecule has 0 aromatic heterocycles. The normalized spacial score (nSPS) is 12.9. The van der Waals surface area contributed by atoms with Crippen LogP contribution in [-0.2, 0) is 9.59 Å². The van der Waals surface area contributed by atoms with Crippen LogP contribution in [0.25, 0.3) is 0 Å². The molecule has 17 heavy (non-hydrogen) atoms. The highest BCUT2D eigenvalue weighted by molar-refractivity contribution is 8.13. The summed E-state index contributed by atoms with van der Waals surface area (Å²) in [5, 5.41) is 14.1. The average Bonchev–Trinajstić information content (AvgIpc) is 2.23. The third-order valence-corrected chi connectivity index (χ3v) is 2.20. The van der Waals surface area contributed by atoms with Crippen molar-refractivity contribution in [3.05, 3.63) is 10.1 Å². The van der Waals surface area contributed by atoms with Gasteiger partial charge in [-0.25, -0.2) is 10.1 Å². The molecule has 0 unspecified atom stereocenters. The zero-order valence-electron chi connectivity index (χ0n) is 9.08. The number of primary amides is 1. The van der Waals surface area contributed by atoms with E-state index < -0.39 is 22.9 Å². The highest BCUT2D eigenvalue weighted by Gasteiger charge is 2.17. The van der Waals surface area contributed by atoms with E-state index in [1.165, 1.54) is 6.26 Å². The van der Waals surface area contributed by atoms with E-state index in [1.807, 2.05) is 0 Å². The summed E-state index contributed by atoms with van der Waals surface area (Å²) in [6, 6.07) is -0.966. The van der Waals surface area contributed by atoms with Gasteiger partial charge in [-0.2, -0.15) is 0 Å². The second-order valence-electron chi connectivity index (χ2n) is 2.95. The fraction of sp³-hybridized carbons (Fsp3) is 0.571. The Kier molecular flexibility index (Phi) is 6.82. The van der Waals surface area contributed by atoms with Crippen molar-refractivity contribution in [3.8, 4) is 0 Å². The van der Waals surface area contributed by atoms with Crippen LogP contribution in [0.5, 0.6) is 0 Å². The van der Waals surface area contributed by atoms with Crippen LogP contribution in [0.4, 0.5) is 0 Å². The van der Waals surface area contributed by atoms with Crippen molar-refractivity contribution in [2.45, 2.75) is 18.9 Å². The van der Waals surface area contributed by atoms with Gasteiger partial charge in [-0.15, -0.1) is 0 Å². The molecule has 0 aliphatic rings. The molecule has 9 nitrogen and oxygen atoms in total. The molecular weight excluding hydrogens is 250 g/mol. The minimum Gasteiger partial charge on any atom is -0.370 e. The van der Waals surface area contributed by atoms with Crippen LogP contribution in [0, 0.1) is 10.1 Å². The molecule has 0 radical (unpaired) electrons. The van der Waals surface area contributed by atoms with E-state index in [2.05, 4.69) is 10.4 Å². The predicted molar refractivity (Wildman–Crippen MR) is 62.5 cm³/mol. The van der Waals surface area contributed by atoms with Gasteiger partial charge < -0.3 is 11.5 Å². The molecule has 0 rings (SSSR count). The molecule has 0 bridgehead atoms. The van der Waals surface area contributed by atoms with Crippen LogP contribution in [0.15, 0.2) is 5.10 Å². The van der Waals surface area contributed by atoms with Crippen molar-refractivity contribution < 1.29 is 14.6 Å². The van der Waals surface area contributed by atoms with E-state index in [0.717, 1.165) is 11.8 Å². The first-order valence-corrected chi connectivity index (χ1v) is 5.71. The number of nitrogens with zero attached hydrogens (tertiary/aromatic N) is 2. The van der Waals surface area contributed by atoms with Crippen molar-refractivity contribution in [3.63, 3.8) is 0 Å². The molecule has 0 spiro atoms. The van der Waals surface area contributed by atoms with Gasteiger partial charge in [0, 0.05) is 6.42 Å². The Labute approximate surface area is 101 Å². The van der Waals surface area contributed by atoms with Gasteiger partial charge in [-0.3, -0.25) is 14.9 Å². The number of carbonyl (C=O) groups excluding carboxylic acids is 2. The van der Waals surface area contributed by atoms with Crippen molar-refractivity contribution in [1.82, 2.24) is 5.32 Å². The Morgan fingerprint density at radius 2 is 2.18 bits per heavy atom. The number of nitrogens with one attached hydrogen (secondary N) is 1. The number of thioether (sulfide) groups is 1. The number of hydrogen-bond acceptors (Lipinski definition) is 6. The molecule has 0 aliphatic carbocycles. The lowest BCUT2D eigenvalue weighted by Gasteiger charge is -2.09. The molecule has 10 heteroatoms. The lowest BCUT2D eigenvalue weighted by molar-refractivity contribution is -0.484. The number of amides is 2. The summed E-state index contributed by atoms with van der Waals surface area (Å²) in [5.41, 5.74) is 10.3. The monoisotopic (exact) mass is 263 g/mol. The smallest absolute Gasteiger partial charge is 0.243 e. The molecule has 0 saturated carbocycles. The Balaban J connectivity index is 4.31. The maximum Gasteiger partial charge on any atom is 0.243 e. The van der Waals surface area contributed by atoms with Crippen LogP contribution >= 0.6 is 11.8 Å². The summed E-state index contributed by atoms with van der Waals surface area (Å²) in [7, 11) is 0. The maximum atomic E-state index is 11.4. The van der Waals surface area contributed by atoms with Gasteiger partial charge in [0.15, 0.2) is 5.03 Å². The second-order valence-corrected chi connectivity index (χ2v) is 3.74. The molecule has 0 aromatic carbocycles. The van der Waals surface area contributed by atoms with Crippen LogP contribution in [0.1, 0.15) is 12.8 Å². The molecule has 1 atom stereocenters. The molecular formula is C7H13N5O4S. The quantitative estimate of drug-likeness (QED) is 0.240. The number of amidine groups is 1. The summed E-state index contributed by atoms with van der Waals surface area (Å²) in [6.45, 7) is 0. The molecule has 0 fully saturated rings. The van der Waals surface area contributed by atoms with Crippen LogP contribution in [-0.4, -0.2) is 34.3 Å². The topological polar surface area (TPSA) is 154 Å². The van der Waals surface area contributed by atoms with Crippen LogP contribution in [0.2, 0.25) is 0 Å². The summed E-state index contributed by atoms with van der Waals surface area (Å²) in [5.74, 6) is -1.22.